The Labute approximate surface area is 167 Å². The smallest absolute Gasteiger partial charge is 0.319 e. The summed E-state index contributed by atoms with van der Waals surface area (Å²) in [5.41, 5.74) is 3.17. The molecule has 0 saturated carbocycles. The third-order valence-corrected chi connectivity index (χ3v) is 4.24. The summed E-state index contributed by atoms with van der Waals surface area (Å²) in [7, 11) is 0. The molecule has 4 amide bonds. The quantitative estimate of drug-likeness (QED) is 0.500. The van der Waals surface area contributed by atoms with Crippen LogP contribution in [0.5, 0.6) is 0 Å². The third-order valence-electron chi connectivity index (χ3n) is 4.24. The summed E-state index contributed by atoms with van der Waals surface area (Å²) in [6.07, 6.45) is 2.89. The van der Waals surface area contributed by atoms with Gasteiger partial charge in [0, 0.05) is 23.5 Å². The predicted molar refractivity (Wildman–Crippen MR) is 105 cm³/mol. The van der Waals surface area contributed by atoms with Crippen molar-refractivity contribution in [1.29, 1.82) is 0 Å². The minimum atomic E-state index is -0.403. The fourth-order valence-electron chi connectivity index (χ4n) is 2.59. The Morgan fingerprint density at radius 3 is 1.93 bits per heavy atom. The highest BCUT2D eigenvalue weighted by Gasteiger charge is 2.15. The molecule has 0 radical (unpaired) electrons. The Balaban J connectivity index is 1.58. The molecule has 0 spiro atoms. The summed E-state index contributed by atoms with van der Waals surface area (Å²) in [5.74, 6) is 0. The monoisotopic (exact) mass is 398 g/mol. The number of aryl methyl sites for hydroxylation is 1. The number of benzene rings is 1. The first-order valence-electron chi connectivity index (χ1n) is 8.98. The third kappa shape index (κ3) is 5.34. The molecule has 0 fully saturated rings. The summed E-state index contributed by atoms with van der Waals surface area (Å²) in [5, 5.41) is 18.6. The van der Waals surface area contributed by atoms with Crippen LogP contribution in [0.2, 0.25) is 0 Å². The first kappa shape index (κ1) is 19.9. The van der Waals surface area contributed by atoms with E-state index in [0.29, 0.717) is 22.8 Å². The zero-order chi connectivity index (χ0) is 20.8. The fraction of sp³-hybridized carbons (Fsp3) is 0.263. The average Bonchev–Trinajstić information content (AvgIpc) is 3.38. The van der Waals surface area contributed by atoms with E-state index in [2.05, 4.69) is 31.6 Å². The molecule has 0 saturated heterocycles. The summed E-state index contributed by atoms with van der Waals surface area (Å²) in [6, 6.07) is 7.14. The standard InChI is InChI=1S/C19H22N6O4/c1-11-4-5-14(22-18(26)20-12(2)15-6-8-28-24-15)10-17(11)23-19(27)21-13(3)16-7-9-29-25-16/h4-10,12-13H,1-3H3,(H2,20,22,26)(H2,21,23,27)/t12-,13-/m1/s1. The number of hydrogen-bond acceptors (Lipinski definition) is 6. The Kier molecular flexibility index (Phi) is 6.12. The van der Waals surface area contributed by atoms with Crippen LogP contribution in [0.25, 0.3) is 0 Å². The molecule has 10 heteroatoms. The molecule has 0 aliphatic carbocycles. The van der Waals surface area contributed by atoms with Crippen molar-refractivity contribution in [3.8, 4) is 0 Å². The molecule has 3 rings (SSSR count). The molecule has 2 atom stereocenters. The van der Waals surface area contributed by atoms with Crippen LogP contribution in [0.4, 0.5) is 21.0 Å². The number of aromatic nitrogens is 2. The molecule has 0 unspecified atom stereocenters. The lowest BCUT2D eigenvalue weighted by Crippen LogP contribution is -2.32. The van der Waals surface area contributed by atoms with Gasteiger partial charge in [-0.2, -0.15) is 0 Å². The van der Waals surface area contributed by atoms with Gasteiger partial charge in [-0.15, -0.1) is 0 Å². The van der Waals surface area contributed by atoms with Crippen LogP contribution < -0.4 is 21.3 Å². The lowest BCUT2D eigenvalue weighted by Gasteiger charge is -2.16. The summed E-state index contributed by atoms with van der Waals surface area (Å²) < 4.78 is 9.56. The van der Waals surface area contributed by atoms with Crippen molar-refractivity contribution in [1.82, 2.24) is 20.9 Å². The topological polar surface area (TPSA) is 134 Å². The van der Waals surface area contributed by atoms with E-state index in [1.165, 1.54) is 12.5 Å². The highest BCUT2D eigenvalue weighted by atomic mass is 16.5. The van der Waals surface area contributed by atoms with Gasteiger partial charge in [-0.05, 0) is 38.5 Å². The van der Waals surface area contributed by atoms with Crippen LogP contribution in [0.1, 0.15) is 42.9 Å². The molecular weight excluding hydrogens is 376 g/mol. The van der Waals surface area contributed by atoms with E-state index in [0.717, 1.165) is 5.56 Å². The van der Waals surface area contributed by atoms with Crippen molar-refractivity contribution in [3.05, 3.63) is 59.8 Å². The van der Waals surface area contributed by atoms with E-state index in [4.69, 9.17) is 9.05 Å². The van der Waals surface area contributed by atoms with Crippen LogP contribution in [0.15, 0.2) is 51.9 Å². The highest BCUT2D eigenvalue weighted by molar-refractivity contribution is 5.93. The molecule has 10 nitrogen and oxygen atoms in total. The van der Waals surface area contributed by atoms with Crippen molar-refractivity contribution >= 4 is 23.4 Å². The van der Waals surface area contributed by atoms with E-state index in [9.17, 15) is 9.59 Å². The zero-order valence-electron chi connectivity index (χ0n) is 16.2. The molecule has 2 aromatic heterocycles. The van der Waals surface area contributed by atoms with Gasteiger partial charge in [0.2, 0.25) is 0 Å². The average molecular weight is 398 g/mol. The maximum Gasteiger partial charge on any atom is 0.319 e. The molecule has 3 aromatic rings. The lowest BCUT2D eigenvalue weighted by molar-refractivity contribution is 0.248. The second-order valence-corrected chi connectivity index (χ2v) is 6.52. The molecular formula is C19H22N6O4. The van der Waals surface area contributed by atoms with E-state index in [1.807, 2.05) is 6.92 Å². The maximum absolute atomic E-state index is 12.3. The molecule has 4 N–H and O–H groups in total. The van der Waals surface area contributed by atoms with Gasteiger partial charge in [-0.1, -0.05) is 16.4 Å². The Morgan fingerprint density at radius 2 is 1.41 bits per heavy atom. The van der Waals surface area contributed by atoms with Crippen molar-refractivity contribution in [2.24, 2.45) is 0 Å². The van der Waals surface area contributed by atoms with Crippen molar-refractivity contribution in [2.75, 3.05) is 10.6 Å². The summed E-state index contributed by atoms with van der Waals surface area (Å²) >= 11 is 0. The number of nitrogens with zero attached hydrogens (tertiary/aromatic N) is 2. The van der Waals surface area contributed by atoms with E-state index >= 15 is 0 Å². The number of nitrogens with one attached hydrogen (secondary N) is 4. The van der Waals surface area contributed by atoms with Gasteiger partial charge >= 0.3 is 12.1 Å². The molecule has 1 aromatic carbocycles. The van der Waals surface area contributed by atoms with Crippen LogP contribution in [0.3, 0.4) is 0 Å². The number of anilines is 2. The molecule has 0 aliphatic heterocycles. The van der Waals surface area contributed by atoms with Gasteiger partial charge in [0.25, 0.3) is 0 Å². The predicted octanol–water partition coefficient (Wildman–Crippen LogP) is 3.74. The lowest BCUT2D eigenvalue weighted by atomic mass is 10.2. The molecule has 0 bridgehead atoms. The maximum atomic E-state index is 12.3. The van der Waals surface area contributed by atoms with Gasteiger partial charge in [0.15, 0.2) is 0 Å². The first-order chi connectivity index (χ1) is 13.9. The van der Waals surface area contributed by atoms with Crippen molar-refractivity contribution < 1.29 is 18.6 Å². The first-order valence-corrected chi connectivity index (χ1v) is 8.98. The number of amides is 4. The van der Waals surface area contributed by atoms with Gasteiger partial charge in [0.05, 0.1) is 12.1 Å². The number of carbonyl (C=O) groups is 2. The van der Waals surface area contributed by atoms with Crippen LogP contribution in [0, 0.1) is 6.92 Å². The van der Waals surface area contributed by atoms with Crippen molar-refractivity contribution in [2.45, 2.75) is 32.9 Å². The molecule has 2 heterocycles. The number of urea groups is 2. The normalized spacial score (nSPS) is 12.7. The Bertz CT molecular complexity index is 955. The van der Waals surface area contributed by atoms with Crippen LogP contribution >= 0.6 is 0 Å². The van der Waals surface area contributed by atoms with Gasteiger partial charge in [0.1, 0.15) is 23.9 Å². The van der Waals surface area contributed by atoms with Crippen LogP contribution in [-0.4, -0.2) is 22.4 Å². The summed E-state index contributed by atoms with van der Waals surface area (Å²) in [4.78, 5) is 24.5. The number of hydrogen-bond donors (Lipinski definition) is 4. The highest BCUT2D eigenvalue weighted by Crippen LogP contribution is 2.21. The molecule has 29 heavy (non-hydrogen) atoms. The summed E-state index contributed by atoms with van der Waals surface area (Å²) in [6.45, 7) is 5.44. The van der Waals surface area contributed by atoms with E-state index in [-0.39, 0.29) is 12.1 Å². The van der Waals surface area contributed by atoms with Crippen LogP contribution in [-0.2, 0) is 0 Å². The van der Waals surface area contributed by atoms with Gasteiger partial charge in [-0.3, -0.25) is 0 Å². The van der Waals surface area contributed by atoms with Gasteiger partial charge in [-0.25, -0.2) is 9.59 Å². The second kappa shape index (κ2) is 8.91. The zero-order valence-corrected chi connectivity index (χ0v) is 16.2. The fourth-order valence-corrected chi connectivity index (χ4v) is 2.59. The van der Waals surface area contributed by atoms with Crippen molar-refractivity contribution in [3.63, 3.8) is 0 Å². The molecule has 152 valence electrons. The molecule has 0 aliphatic rings. The number of carbonyl (C=O) groups excluding carboxylic acids is 2. The Morgan fingerprint density at radius 1 is 0.862 bits per heavy atom. The van der Waals surface area contributed by atoms with Gasteiger partial charge < -0.3 is 30.3 Å². The van der Waals surface area contributed by atoms with E-state index < -0.39 is 12.1 Å². The number of rotatable bonds is 6. The minimum Gasteiger partial charge on any atom is -0.364 e. The Hall–Kier alpha value is -3.82. The SMILES string of the molecule is Cc1ccc(NC(=O)N[C@H](C)c2ccon2)cc1NC(=O)N[C@H](C)c1ccon1. The van der Waals surface area contributed by atoms with E-state index in [1.54, 1.807) is 44.2 Å². The second-order valence-electron chi connectivity index (χ2n) is 6.52. The minimum absolute atomic E-state index is 0.319. The largest absolute Gasteiger partial charge is 0.364 e.